The van der Waals surface area contributed by atoms with Crippen molar-refractivity contribution in [2.75, 3.05) is 0 Å². The molecule has 0 radical (unpaired) electrons. The minimum absolute atomic E-state index is 0.111. The van der Waals surface area contributed by atoms with E-state index >= 15 is 0 Å². The van der Waals surface area contributed by atoms with Crippen LogP contribution in [0.3, 0.4) is 0 Å². The molecule has 152 valence electrons. The van der Waals surface area contributed by atoms with E-state index in [1.807, 2.05) is 66.7 Å². The van der Waals surface area contributed by atoms with Gasteiger partial charge in [0.05, 0.1) is 21.5 Å². The molecule has 32 heavy (non-hydrogen) atoms. The van der Waals surface area contributed by atoms with E-state index < -0.39 is 0 Å². The lowest BCUT2D eigenvalue weighted by atomic mass is 9.97. The number of rotatable bonds is 3. The number of aromatic nitrogens is 1. The van der Waals surface area contributed by atoms with Crippen molar-refractivity contribution in [3.05, 3.63) is 119 Å². The van der Waals surface area contributed by atoms with E-state index in [-0.39, 0.29) is 10.6 Å². The van der Waals surface area contributed by atoms with E-state index in [4.69, 9.17) is 0 Å². The van der Waals surface area contributed by atoms with E-state index in [2.05, 4.69) is 40.8 Å². The molecule has 0 aliphatic rings. The molecule has 0 fully saturated rings. The van der Waals surface area contributed by atoms with E-state index in [0.717, 1.165) is 38.6 Å². The molecule has 0 N–H and O–H groups in total. The first-order valence-electron chi connectivity index (χ1n) is 10.5. The second-order valence-electron chi connectivity index (χ2n) is 7.93. The van der Waals surface area contributed by atoms with Gasteiger partial charge in [-0.05, 0) is 58.5 Å². The summed E-state index contributed by atoms with van der Waals surface area (Å²) in [6.07, 6.45) is 0. The average Bonchev–Trinajstić information content (AvgIpc) is 3.22. The number of para-hydroxylation sites is 1. The van der Waals surface area contributed by atoms with Crippen LogP contribution in [0.1, 0.15) is 0 Å². The zero-order chi connectivity index (χ0) is 21.7. The zero-order valence-corrected chi connectivity index (χ0v) is 17.1. The zero-order valence-electron chi connectivity index (χ0n) is 17.1. The summed E-state index contributed by atoms with van der Waals surface area (Å²) in [6.45, 7) is 0. The first-order valence-corrected chi connectivity index (χ1v) is 10.5. The Morgan fingerprint density at radius 3 is 2.19 bits per heavy atom. The van der Waals surface area contributed by atoms with Crippen molar-refractivity contribution in [1.82, 2.24) is 4.40 Å². The summed E-state index contributed by atoms with van der Waals surface area (Å²) in [7, 11) is 0. The Morgan fingerprint density at radius 2 is 1.34 bits per heavy atom. The maximum atomic E-state index is 11.9. The Kier molecular flexibility index (Phi) is 4.05. The minimum atomic E-state index is -0.296. The van der Waals surface area contributed by atoms with Crippen LogP contribution in [0.2, 0.25) is 0 Å². The molecule has 4 aromatic carbocycles. The highest BCUT2D eigenvalue weighted by Crippen LogP contribution is 2.36. The van der Waals surface area contributed by atoms with Crippen molar-refractivity contribution in [2.45, 2.75) is 0 Å². The topological polar surface area (TPSA) is 47.5 Å². The third-order valence-electron chi connectivity index (χ3n) is 6.05. The van der Waals surface area contributed by atoms with Crippen LogP contribution in [0, 0.1) is 10.1 Å². The SMILES string of the molecule is O=[N+]([O-])c1cc(-c2ccccc2)ccc1-c1ccc2c(c1)cc1ccc3ccccc3n12. The second kappa shape index (κ2) is 7.06. The van der Waals surface area contributed by atoms with Crippen molar-refractivity contribution >= 4 is 33.0 Å². The second-order valence-corrected chi connectivity index (χ2v) is 7.93. The number of benzene rings is 4. The summed E-state index contributed by atoms with van der Waals surface area (Å²) in [4.78, 5) is 11.6. The highest BCUT2D eigenvalue weighted by Gasteiger charge is 2.18. The lowest BCUT2D eigenvalue weighted by molar-refractivity contribution is -0.384. The fourth-order valence-electron chi connectivity index (χ4n) is 4.54. The average molecular weight is 414 g/mol. The minimum Gasteiger partial charge on any atom is -0.309 e. The molecule has 0 aliphatic carbocycles. The summed E-state index contributed by atoms with van der Waals surface area (Å²) in [6, 6.07) is 35.9. The summed E-state index contributed by atoms with van der Waals surface area (Å²) in [5.41, 5.74) is 6.70. The first kappa shape index (κ1) is 18.3. The van der Waals surface area contributed by atoms with Crippen LogP contribution in [-0.2, 0) is 0 Å². The number of nitro groups is 1. The van der Waals surface area contributed by atoms with E-state index in [9.17, 15) is 10.1 Å². The van der Waals surface area contributed by atoms with E-state index in [1.165, 1.54) is 5.39 Å². The van der Waals surface area contributed by atoms with E-state index in [0.29, 0.717) is 5.56 Å². The predicted molar refractivity (Wildman–Crippen MR) is 130 cm³/mol. The summed E-state index contributed by atoms with van der Waals surface area (Å²) in [5.74, 6) is 0. The molecule has 2 aromatic heterocycles. The maximum Gasteiger partial charge on any atom is 0.277 e. The quantitative estimate of drug-likeness (QED) is 0.222. The van der Waals surface area contributed by atoms with Gasteiger partial charge in [0.1, 0.15) is 0 Å². The van der Waals surface area contributed by atoms with Crippen molar-refractivity contribution < 1.29 is 4.92 Å². The normalized spacial score (nSPS) is 11.4. The van der Waals surface area contributed by atoms with Gasteiger partial charge in [-0.1, -0.05) is 66.7 Å². The Bertz CT molecular complexity index is 1650. The molecule has 0 atom stereocenters. The fourth-order valence-corrected chi connectivity index (χ4v) is 4.54. The molecule has 2 heterocycles. The third kappa shape index (κ3) is 2.85. The number of fused-ring (bicyclic) bond motifs is 5. The molecule has 4 nitrogen and oxygen atoms in total. The first-order chi connectivity index (χ1) is 15.7. The monoisotopic (exact) mass is 414 g/mol. The van der Waals surface area contributed by atoms with Gasteiger partial charge in [0.2, 0.25) is 0 Å². The summed E-state index contributed by atoms with van der Waals surface area (Å²) in [5, 5.41) is 14.2. The molecular weight excluding hydrogens is 396 g/mol. The van der Waals surface area contributed by atoms with Crippen molar-refractivity contribution in [2.24, 2.45) is 0 Å². The Labute approximate surface area is 184 Å². The van der Waals surface area contributed by atoms with Gasteiger partial charge in [-0.3, -0.25) is 10.1 Å². The molecule has 0 spiro atoms. The molecule has 0 unspecified atom stereocenters. The van der Waals surface area contributed by atoms with Crippen LogP contribution in [0.5, 0.6) is 0 Å². The van der Waals surface area contributed by atoms with Gasteiger partial charge < -0.3 is 4.40 Å². The van der Waals surface area contributed by atoms with Gasteiger partial charge in [0, 0.05) is 17.0 Å². The molecule has 6 aromatic rings. The van der Waals surface area contributed by atoms with Crippen LogP contribution in [0.25, 0.3) is 49.6 Å². The van der Waals surface area contributed by atoms with Gasteiger partial charge in [0.15, 0.2) is 0 Å². The lowest BCUT2D eigenvalue weighted by Crippen LogP contribution is -1.93. The molecule has 6 rings (SSSR count). The summed E-state index contributed by atoms with van der Waals surface area (Å²) >= 11 is 0. The van der Waals surface area contributed by atoms with Crippen molar-refractivity contribution in [1.29, 1.82) is 0 Å². The van der Waals surface area contributed by atoms with Gasteiger partial charge in [-0.2, -0.15) is 0 Å². The number of nitrogens with zero attached hydrogens (tertiary/aromatic N) is 2. The van der Waals surface area contributed by atoms with Crippen LogP contribution >= 0.6 is 0 Å². The van der Waals surface area contributed by atoms with Gasteiger partial charge in [-0.15, -0.1) is 0 Å². The smallest absolute Gasteiger partial charge is 0.277 e. The third-order valence-corrected chi connectivity index (χ3v) is 6.05. The molecule has 0 saturated heterocycles. The Hall–Kier alpha value is -4.44. The molecule has 4 heteroatoms. The lowest BCUT2D eigenvalue weighted by Gasteiger charge is -2.08. The number of hydrogen-bond acceptors (Lipinski definition) is 2. The van der Waals surface area contributed by atoms with Crippen molar-refractivity contribution in [3.8, 4) is 22.3 Å². The number of nitro benzene ring substituents is 1. The maximum absolute atomic E-state index is 11.9. The number of pyridine rings is 1. The number of hydrogen-bond donors (Lipinski definition) is 0. The van der Waals surface area contributed by atoms with Crippen LogP contribution in [-0.4, -0.2) is 9.32 Å². The molecular formula is C28H18N2O2. The summed E-state index contributed by atoms with van der Waals surface area (Å²) < 4.78 is 2.24. The van der Waals surface area contributed by atoms with Crippen molar-refractivity contribution in [3.63, 3.8) is 0 Å². The molecule has 0 bridgehead atoms. The Balaban J connectivity index is 1.54. The molecule has 0 amide bonds. The Morgan fingerprint density at radius 1 is 0.594 bits per heavy atom. The van der Waals surface area contributed by atoms with Crippen LogP contribution in [0.4, 0.5) is 5.69 Å². The molecule has 0 saturated carbocycles. The fraction of sp³-hybridized carbons (Fsp3) is 0. The highest BCUT2D eigenvalue weighted by atomic mass is 16.6. The molecule has 0 aliphatic heterocycles. The van der Waals surface area contributed by atoms with Crippen LogP contribution in [0.15, 0.2) is 109 Å². The highest BCUT2D eigenvalue weighted by molar-refractivity contribution is 5.97. The largest absolute Gasteiger partial charge is 0.309 e. The van der Waals surface area contributed by atoms with Gasteiger partial charge >= 0.3 is 0 Å². The van der Waals surface area contributed by atoms with E-state index in [1.54, 1.807) is 6.07 Å². The van der Waals surface area contributed by atoms with Crippen LogP contribution < -0.4 is 0 Å². The predicted octanol–water partition coefficient (Wildman–Crippen LogP) is 7.49. The van der Waals surface area contributed by atoms with Gasteiger partial charge in [-0.25, -0.2) is 0 Å². The standard InChI is InChI=1S/C28H18N2O2/c31-30(32)28-18-21(19-6-2-1-3-7-19)11-14-25(28)22-12-15-27-23(16-22)17-24-13-10-20-8-4-5-9-26(20)29(24)27/h1-18H. The van der Waals surface area contributed by atoms with Gasteiger partial charge in [0.25, 0.3) is 5.69 Å².